The highest BCUT2D eigenvalue weighted by Gasteiger charge is 2.42. The number of imidazole rings is 1. The van der Waals surface area contributed by atoms with E-state index < -0.39 is 0 Å². The summed E-state index contributed by atoms with van der Waals surface area (Å²) in [6.45, 7) is 1.23. The number of nitrogen functional groups attached to an aromatic ring is 1. The van der Waals surface area contributed by atoms with Crippen LogP contribution in [0.3, 0.4) is 0 Å². The first-order valence-electron chi connectivity index (χ1n) is 6.04. The second-order valence-electron chi connectivity index (χ2n) is 5.09. The van der Waals surface area contributed by atoms with Gasteiger partial charge in [-0.25, -0.2) is 4.98 Å². The molecule has 0 radical (unpaired) electrons. The van der Waals surface area contributed by atoms with Crippen LogP contribution in [0.2, 0.25) is 0 Å². The number of nitrogens with two attached hydrogens (primary N) is 1. The Hall–Kier alpha value is -1.55. The van der Waals surface area contributed by atoms with Gasteiger partial charge in [0.25, 0.3) is 0 Å². The van der Waals surface area contributed by atoms with E-state index in [4.69, 9.17) is 10.8 Å². The first kappa shape index (κ1) is 10.6. The normalized spacial score (nSPS) is 17.5. The van der Waals surface area contributed by atoms with Crippen LogP contribution in [0.5, 0.6) is 0 Å². The van der Waals surface area contributed by atoms with E-state index in [9.17, 15) is 0 Å². The Morgan fingerprint density at radius 2 is 2.24 bits per heavy atom. The van der Waals surface area contributed by atoms with Gasteiger partial charge in [-0.15, -0.1) is 0 Å². The highest BCUT2D eigenvalue weighted by Crippen LogP contribution is 2.50. The van der Waals surface area contributed by atoms with Crippen LogP contribution in [-0.4, -0.2) is 21.3 Å². The van der Waals surface area contributed by atoms with Crippen LogP contribution in [0.1, 0.15) is 19.3 Å². The zero-order valence-electron chi connectivity index (χ0n) is 9.76. The second-order valence-corrected chi connectivity index (χ2v) is 5.09. The zero-order valence-corrected chi connectivity index (χ0v) is 9.76. The fourth-order valence-electron chi connectivity index (χ4n) is 2.47. The number of aromatic nitrogens is 2. The van der Waals surface area contributed by atoms with Gasteiger partial charge in [-0.1, -0.05) is 0 Å². The minimum atomic E-state index is 0.277. The van der Waals surface area contributed by atoms with Crippen LogP contribution >= 0.6 is 0 Å². The summed E-state index contributed by atoms with van der Waals surface area (Å²) in [4.78, 5) is 4.37. The van der Waals surface area contributed by atoms with Crippen LogP contribution < -0.4 is 5.73 Å². The number of hydrogen-bond acceptors (Lipinski definition) is 3. The molecule has 90 valence electrons. The molecule has 1 saturated carbocycles. The van der Waals surface area contributed by atoms with E-state index in [0.29, 0.717) is 5.41 Å². The molecule has 0 spiro atoms. The lowest BCUT2D eigenvalue weighted by atomic mass is 10.0. The van der Waals surface area contributed by atoms with Gasteiger partial charge in [0.2, 0.25) is 0 Å². The van der Waals surface area contributed by atoms with E-state index in [1.54, 1.807) is 0 Å². The molecule has 1 aromatic carbocycles. The maximum absolute atomic E-state index is 9.08. The van der Waals surface area contributed by atoms with Gasteiger partial charge in [0.05, 0.1) is 17.4 Å². The number of benzene rings is 1. The van der Waals surface area contributed by atoms with Crippen molar-refractivity contribution in [1.82, 2.24) is 9.55 Å². The molecule has 0 atom stereocenters. The van der Waals surface area contributed by atoms with E-state index in [-0.39, 0.29) is 6.61 Å². The molecule has 1 aromatic heterocycles. The summed E-state index contributed by atoms with van der Waals surface area (Å²) in [5, 5.41) is 9.08. The molecule has 1 heterocycles. The molecule has 2 aromatic rings. The summed E-state index contributed by atoms with van der Waals surface area (Å²) in [7, 11) is 0. The smallest absolute Gasteiger partial charge is 0.0958 e. The van der Waals surface area contributed by atoms with Gasteiger partial charge in [-0.05, 0) is 42.9 Å². The molecule has 1 aliphatic rings. The first-order chi connectivity index (χ1) is 8.22. The standard InChI is InChI=1S/C13H17N3O/c14-10-1-2-12-11(7-10)15-9-16(12)8-13(3-4-13)5-6-17/h1-2,7,9,17H,3-6,8,14H2. The minimum absolute atomic E-state index is 0.277. The van der Waals surface area contributed by atoms with E-state index in [2.05, 4.69) is 9.55 Å². The molecule has 0 aliphatic heterocycles. The van der Waals surface area contributed by atoms with E-state index >= 15 is 0 Å². The molecule has 17 heavy (non-hydrogen) atoms. The number of nitrogens with zero attached hydrogens (tertiary/aromatic N) is 2. The SMILES string of the molecule is Nc1ccc2c(c1)ncn2CC1(CCO)CC1. The molecule has 0 amide bonds. The monoisotopic (exact) mass is 231 g/mol. The number of fused-ring (bicyclic) bond motifs is 1. The van der Waals surface area contributed by atoms with Crippen LogP contribution in [0.15, 0.2) is 24.5 Å². The molecule has 1 fully saturated rings. The molecular weight excluding hydrogens is 214 g/mol. The lowest BCUT2D eigenvalue weighted by molar-refractivity contribution is 0.237. The molecule has 3 N–H and O–H groups in total. The van der Waals surface area contributed by atoms with Gasteiger partial charge < -0.3 is 15.4 Å². The fraction of sp³-hybridized carbons (Fsp3) is 0.462. The van der Waals surface area contributed by atoms with Crippen LogP contribution in [0.4, 0.5) is 5.69 Å². The third-order valence-corrected chi connectivity index (χ3v) is 3.75. The van der Waals surface area contributed by atoms with Crippen LogP contribution in [0.25, 0.3) is 11.0 Å². The highest BCUT2D eigenvalue weighted by atomic mass is 16.3. The van der Waals surface area contributed by atoms with Crippen molar-refractivity contribution < 1.29 is 5.11 Å². The second kappa shape index (κ2) is 3.74. The fourth-order valence-corrected chi connectivity index (χ4v) is 2.47. The first-order valence-corrected chi connectivity index (χ1v) is 6.04. The Labute approximate surface area is 100 Å². The quantitative estimate of drug-likeness (QED) is 0.788. The van der Waals surface area contributed by atoms with Gasteiger partial charge in [-0.3, -0.25) is 0 Å². The zero-order chi connectivity index (χ0) is 11.9. The third kappa shape index (κ3) is 1.89. The summed E-state index contributed by atoms with van der Waals surface area (Å²) in [5.41, 5.74) is 8.87. The number of aliphatic hydroxyl groups is 1. The van der Waals surface area contributed by atoms with Gasteiger partial charge >= 0.3 is 0 Å². The van der Waals surface area contributed by atoms with Crippen molar-refractivity contribution in [2.75, 3.05) is 12.3 Å². The predicted molar refractivity (Wildman–Crippen MR) is 67.5 cm³/mol. The van der Waals surface area contributed by atoms with Crippen LogP contribution in [0, 0.1) is 5.41 Å². The van der Waals surface area contributed by atoms with Gasteiger partial charge in [0.1, 0.15) is 0 Å². The van der Waals surface area contributed by atoms with Crippen molar-refractivity contribution in [3.63, 3.8) is 0 Å². The summed E-state index contributed by atoms with van der Waals surface area (Å²) < 4.78 is 2.18. The molecule has 3 rings (SSSR count). The Morgan fingerprint density at radius 1 is 1.41 bits per heavy atom. The topological polar surface area (TPSA) is 64.1 Å². The highest BCUT2D eigenvalue weighted by molar-refractivity contribution is 5.78. The third-order valence-electron chi connectivity index (χ3n) is 3.75. The average molecular weight is 231 g/mol. The molecule has 0 unspecified atom stereocenters. The minimum Gasteiger partial charge on any atom is -0.399 e. The van der Waals surface area contributed by atoms with Crippen LogP contribution in [-0.2, 0) is 6.54 Å². The van der Waals surface area contributed by atoms with Gasteiger partial charge in [-0.2, -0.15) is 0 Å². The van der Waals surface area contributed by atoms with E-state index in [1.165, 1.54) is 12.8 Å². The Morgan fingerprint density at radius 3 is 2.94 bits per heavy atom. The van der Waals surface area contributed by atoms with Crippen molar-refractivity contribution in [3.8, 4) is 0 Å². The molecule has 0 bridgehead atoms. The largest absolute Gasteiger partial charge is 0.399 e. The maximum Gasteiger partial charge on any atom is 0.0958 e. The van der Waals surface area contributed by atoms with Crippen molar-refractivity contribution in [2.24, 2.45) is 5.41 Å². The predicted octanol–water partition coefficient (Wildman–Crippen LogP) is 1.78. The Bertz CT molecular complexity index is 543. The summed E-state index contributed by atoms with van der Waals surface area (Å²) in [6, 6.07) is 5.83. The van der Waals surface area contributed by atoms with E-state index in [1.807, 2.05) is 24.5 Å². The lowest BCUT2D eigenvalue weighted by Gasteiger charge is -2.14. The van der Waals surface area contributed by atoms with E-state index in [0.717, 1.165) is 29.7 Å². The number of aliphatic hydroxyl groups excluding tert-OH is 1. The maximum atomic E-state index is 9.08. The Balaban J connectivity index is 1.91. The summed E-state index contributed by atoms with van der Waals surface area (Å²) in [5.74, 6) is 0. The molecular formula is C13H17N3O. The van der Waals surface area contributed by atoms with Crippen molar-refractivity contribution in [2.45, 2.75) is 25.8 Å². The van der Waals surface area contributed by atoms with Gasteiger partial charge in [0.15, 0.2) is 0 Å². The number of hydrogen-bond donors (Lipinski definition) is 2. The molecule has 1 aliphatic carbocycles. The molecule has 4 heteroatoms. The average Bonchev–Trinajstić information content (AvgIpc) is 2.94. The summed E-state index contributed by atoms with van der Waals surface area (Å²) >= 11 is 0. The molecule has 4 nitrogen and oxygen atoms in total. The number of anilines is 1. The Kier molecular flexibility index (Phi) is 2.33. The van der Waals surface area contributed by atoms with Crippen molar-refractivity contribution in [1.29, 1.82) is 0 Å². The van der Waals surface area contributed by atoms with Gasteiger partial charge in [0, 0.05) is 18.8 Å². The van der Waals surface area contributed by atoms with Crippen molar-refractivity contribution >= 4 is 16.7 Å². The number of rotatable bonds is 4. The lowest BCUT2D eigenvalue weighted by Crippen LogP contribution is -2.12. The van der Waals surface area contributed by atoms with Crippen molar-refractivity contribution in [3.05, 3.63) is 24.5 Å². The molecule has 0 saturated heterocycles. The summed E-state index contributed by atoms with van der Waals surface area (Å²) in [6.07, 6.45) is 5.19.